The highest BCUT2D eigenvalue weighted by molar-refractivity contribution is 8.22. The molecule has 0 aliphatic heterocycles. The number of nitrogens with one attached hydrogen (secondary N) is 1. The first-order chi connectivity index (χ1) is 11.0. The van der Waals surface area contributed by atoms with Crippen LogP contribution in [-0.2, 0) is 0 Å². The second-order valence-electron chi connectivity index (χ2n) is 5.23. The molecule has 0 aliphatic rings. The van der Waals surface area contributed by atoms with Gasteiger partial charge in [0.25, 0.3) is 0 Å². The number of rotatable bonds is 3. The Bertz CT molecular complexity index is 872. The van der Waals surface area contributed by atoms with Crippen LogP contribution in [0.1, 0.15) is 15.9 Å². The van der Waals surface area contributed by atoms with Crippen molar-refractivity contribution in [3.8, 4) is 0 Å². The van der Waals surface area contributed by atoms with E-state index in [0.717, 1.165) is 20.5 Å². The van der Waals surface area contributed by atoms with Crippen LogP contribution in [0.4, 0.5) is 0 Å². The first-order valence-corrected chi connectivity index (χ1v) is 8.26. The zero-order chi connectivity index (χ0) is 16.4. The Morgan fingerprint density at radius 2 is 1.87 bits per heavy atom. The molecule has 1 N–H and O–H groups in total. The zero-order valence-electron chi connectivity index (χ0n) is 12.7. The predicted octanol–water partition coefficient (Wildman–Crippen LogP) is 3.73. The number of thioether (sulfide) groups is 1. The monoisotopic (exact) mass is 341 g/mol. The molecule has 116 valence electrons. The largest absolute Gasteiger partial charge is 0.363 e. The quantitative estimate of drug-likeness (QED) is 0.447. The number of benzene rings is 2. The van der Waals surface area contributed by atoms with Gasteiger partial charge in [-0.3, -0.25) is 4.79 Å². The number of nitrogens with zero attached hydrogens (tertiary/aromatic N) is 2. The molecule has 2 aromatic carbocycles. The number of carbonyl (C=O) groups excluding carboxylic acids is 1. The number of aromatic nitrogens is 2. The fraction of sp³-hybridized carbons (Fsp3) is 0.118. The highest BCUT2D eigenvalue weighted by Crippen LogP contribution is 2.23. The number of thiocarbonyl (C=S) groups is 1. The Labute approximate surface area is 143 Å². The van der Waals surface area contributed by atoms with Gasteiger partial charge in [0.2, 0.25) is 0 Å². The van der Waals surface area contributed by atoms with Gasteiger partial charge in [-0.15, -0.1) is 0 Å². The summed E-state index contributed by atoms with van der Waals surface area (Å²) in [6, 6.07) is 14.7. The highest BCUT2D eigenvalue weighted by atomic mass is 32.2. The van der Waals surface area contributed by atoms with E-state index in [4.69, 9.17) is 12.2 Å². The molecule has 3 rings (SSSR count). The molecule has 0 aliphatic carbocycles. The molecule has 0 radical (unpaired) electrons. The lowest BCUT2D eigenvalue weighted by molar-refractivity contribution is 0.103. The summed E-state index contributed by atoms with van der Waals surface area (Å²) >= 11 is 6.66. The molecule has 6 heteroatoms. The van der Waals surface area contributed by atoms with Crippen LogP contribution in [-0.4, -0.2) is 39.1 Å². The SMILES string of the molecule is CN(C)C(=S)Sc1nc2ccc(C(=O)c3ccccc3)cc2[nH]1. The smallest absolute Gasteiger partial charge is 0.193 e. The third kappa shape index (κ3) is 3.43. The number of aromatic amines is 1. The van der Waals surface area contributed by atoms with Crippen LogP contribution in [0.3, 0.4) is 0 Å². The molecule has 1 heterocycles. The molecule has 23 heavy (non-hydrogen) atoms. The van der Waals surface area contributed by atoms with Gasteiger partial charge in [-0.25, -0.2) is 4.98 Å². The van der Waals surface area contributed by atoms with Crippen molar-refractivity contribution in [3.63, 3.8) is 0 Å². The number of carbonyl (C=O) groups is 1. The van der Waals surface area contributed by atoms with Gasteiger partial charge in [0.15, 0.2) is 10.9 Å². The van der Waals surface area contributed by atoms with Crippen molar-refractivity contribution >= 4 is 45.1 Å². The molecule has 0 bridgehead atoms. The van der Waals surface area contributed by atoms with Crippen molar-refractivity contribution in [1.82, 2.24) is 14.9 Å². The Morgan fingerprint density at radius 3 is 2.57 bits per heavy atom. The molecule has 0 fully saturated rings. The number of H-pyrrole nitrogens is 1. The van der Waals surface area contributed by atoms with Crippen molar-refractivity contribution < 1.29 is 4.79 Å². The molecule has 3 aromatic rings. The van der Waals surface area contributed by atoms with Crippen molar-refractivity contribution in [2.75, 3.05) is 14.1 Å². The molecule has 0 atom stereocenters. The second-order valence-corrected chi connectivity index (χ2v) is 6.85. The zero-order valence-corrected chi connectivity index (χ0v) is 14.4. The van der Waals surface area contributed by atoms with Crippen LogP contribution >= 0.6 is 24.0 Å². The van der Waals surface area contributed by atoms with Crippen LogP contribution in [0.5, 0.6) is 0 Å². The third-order valence-electron chi connectivity index (χ3n) is 3.31. The lowest BCUT2D eigenvalue weighted by Crippen LogP contribution is -2.15. The van der Waals surface area contributed by atoms with Gasteiger partial charge in [-0.1, -0.05) is 42.5 Å². The molecule has 0 unspecified atom stereocenters. The molecule has 0 amide bonds. The molecular formula is C17H15N3OS2. The molecular weight excluding hydrogens is 326 g/mol. The van der Waals surface area contributed by atoms with E-state index < -0.39 is 0 Å². The molecule has 0 spiro atoms. The topological polar surface area (TPSA) is 49.0 Å². The average Bonchev–Trinajstić information content (AvgIpc) is 2.96. The molecule has 0 saturated carbocycles. The normalized spacial score (nSPS) is 10.7. The molecule has 1 aromatic heterocycles. The lowest BCUT2D eigenvalue weighted by Gasteiger charge is -2.10. The van der Waals surface area contributed by atoms with Gasteiger partial charge in [-0.05, 0) is 30.0 Å². The minimum absolute atomic E-state index is 0.000107. The first kappa shape index (κ1) is 15.7. The van der Waals surface area contributed by atoms with E-state index in [1.165, 1.54) is 11.8 Å². The maximum absolute atomic E-state index is 12.5. The van der Waals surface area contributed by atoms with Crippen molar-refractivity contribution in [2.45, 2.75) is 5.16 Å². The van der Waals surface area contributed by atoms with Crippen molar-refractivity contribution in [3.05, 3.63) is 59.7 Å². The number of hydrogen-bond acceptors (Lipinski definition) is 4. The summed E-state index contributed by atoms with van der Waals surface area (Å²) in [6.07, 6.45) is 0. The standard InChI is InChI=1S/C17H15N3OS2/c1-20(2)17(22)23-16-18-13-9-8-12(10-14(13)19-16)15(21)11-6-4-3-5-7-11/h3-10H,1-2H3,(H,18,19). The van der Waals surface area contributed by atoms with Crippen LogP contribution < -0.4 is 0 Å². The Kier molecular flexibility index (Phi) is 4.45. The Hall–Kier alpha value is -2.18. The lowest BCUT2D eigenvalue weighted by atomic mass is 10.0. The maximum Gasteiger partial charge on any atom is 0.193 e. The Balaban J connectivity index is 1.90. The summed E-state index contributed by atoms with van der Waals surface area (Å²) in [4.78, 5) is 22.1. The minimum atomic E-state index is 0.000107. The van der Waals surface area contributed by atoms with E-state index >= 15 is 0 Å². The highest BCUT2D eigenvalue weighted by Gasteiger charge is 2.12. The van der Waals surface area contributed by atoms with Gasteiger partial charge in [-0.2, -0.15) is 0 Å². The number of ketones is 1. The summed E-state index contributed by atoms with van der Waals surface area (Å²) in [6.45, 7) is 0. The summed E-state index contributed by atoms with van der Waals surface area (Å²) in [5, 5.41) is 0.725. The van der Waals surface area contributed by atoms with Crippen LogP contribution in [0.2, 0.25) is 0 Å². The predicted molar refractivity (Wildman–Crippen MR) is 98.1 cm³/mol. The van der Waals surface area contributed by atoms with E-state index in [-0.39, 0.29) is 5.78 Å². The van der Waals surface area contributed by atoms with E-state index in [1.807, 2.05) is 61.5 Å². The fourth-order valence-electron chi connectivity index (χ4n) is 2.11. The van der Waals surface area contributed by atoms with Crippen LogP contribution in [0.15, 0.2) is 53.7 Å². The second kappa shape index (κ2) is 6.52. The van der Waals surface area contributed by atoms with E-state index in [0.29, 0.717) is 11.1 Å². The summed E-state index contributed by atoms with van der Waals surface area (Å²) < 4.78 is 0.727. The van der Waals surface area contributed by atoms with E-state index in [2.05, 4.69) is 9.97 Å². The van der Waals surface area contributed by atoms with Crippen LogP contribution in [0.25, 0.3) is 11.0 Å². The van der Waals surface area contributed by atoms with Gasteiger partial charge < -0.3 is 9.88 Å². The molecule has 0 saturated heterocycles. The number of fused-ring (bicyclic) bond motifs is 1. The molecule has 4 nitrogen and oxygen atoms in total. The first-order valence-electron chi connectivity index (χ1n) is 7.03. The summed E-state index contributed by atoms with van der Waals surface area (Å²) in [5.74, 6) is 0.000107. The number of hydrogen-bond donors (Lipinski definition) is 1. The van der Waals surface area contributed by atoms with E-state index in [1.54, 1.807) is 6.07 Å². The third-order valence-corrected chi connectivity index (χ3v) is 4.85. The summed E-state index contributed by atoms with van der Waals surface area (Å²) in [5.41, 5.74) is 2.96. The minimum Gasteiger partial charge on any atom is -0.363 e. The van der Waals surface area contributed by atoms with Gasteiger partial charge >= 0.3 is 0 Å². The van der Waals surface area contributed by atoms with Gasteiger partial charge in [0.05, 0.1) is 11.0 Å². The average molecular weight is 341 g/mol. The Morgan fingerprint density at radius 1 is 1.13 bits per heavy atom. The van der Waals surface area contributed by atoms with E-state index in [9.17, 15) is 4.79 Å². The summed E-state index contributed by atoms with van der Waals surface area (Å²) in [7, 11) is 3.79. The van der Waals surface area contributed by atoms with Crippen LogP contribution in [0, 0.1) is 0 Å². The van der Waals surface area contributed by atoms with Gasteiger partial charge in [0.1, 0.15) is 4.32 Å². The number of imidazole rings is 1. The van der Waals surface area contributed by atoms with Crippen molar-refractivity contribution in [2.24, 2.45) is 0 Å². The maximum atomic E-state index is 12.5. The fourth-order valence-corrected chi connectivity index (χ4v) is 3.00. The van der Waals surface area contributed by atoms with Gasteiger partial charge in [0, 0.05) is 25.2 Å². The van der Waals surface area contributed by atoms with Crippen molar-refractivity contribution in [1.29, 1.82) is 0 Å².